The van der Waals surface area contributed by atoms with E-state index >= 15 is 0 Å². The Morgan fingerprint density at radius 3 is 3.22 bits per heavy atom. The topological polar surface area (TPSA) is 43.6 Å². The van der Waals surface area contributed by atoms with Crippen LogP contribution in [-0.2, 0) is 9.53 Å². The lowest BCUT2D eigenvalue weighted by atomic mass is 10.3. The van der Waals surface area contributed by atoms with Crippen molar-refractivity contribution in [2.24, 2.45) is 0 Å². The number of carbonyl (C=O) groups excluding carboxylic acids is 1. The minimum atomic E-state index is -0.119. The van der Waals surface area contributed by atoms with Crippen LogP contribution in [0.1, 0.15) is 19.8 Å². The normalized spacial score (nSPS) is 10.7. The van der Waals surface area contributed by atoms with E-state index in [9.17, 15) is 4.79 Å². The molecular formula is C13H16N2O2S. The number of esters is 1. The lowest BCUT2D eigenvalue weighted by molar-refractivity contribution is -0.143. The van der Waals surface area contributed by atoms with Gasteiger partial charge in [-0.25, -0.2) is 4.98 Å². The average Bonchev–Trinajstić information content (AvgIpc) is 2.78. The molecule has 0 aliphatic heterocycles. The number of pyridine rings is 1. The first-order valence-corrected chi connectivity index (χ1v) is 7.00. The van der Waals surface area contributed by atoms with Crippen LogP contribution in [0.3, 0.4) is 0 Å². The fourth-order valence-corrected chi connectivity index (χ4v) is 2.54. The third-order valence-corrected chi connectivity index (χ3v) is 3.52. The van der Waals surface area contributed by atoms with Gasteiger partial charge < -0.3 is 4.74 Å². The van der Waals surface area contributed by atoms with Crippen LogP contribution in [0.4, 0.5) is 0 Å². The van der Waals surface area contributed by atoms with Gasteiger partial charge in [0.1, 0.15) is 0 Å². The molecule has 2 aromatic rings. The Morgan fingerprint density at radius 1 is 1.50 bits per heavy atom. The van der Waals surface area contributed by atoms with Gasteiger partial charge in [-0.2, -0.15) is 0 Å². The molecule has 0 radical (unpaired) electrons. The molecular weight excluding hydrogens is 248 g/mol. The summed E-state index contributed by atoms with van der Waals surface area (Å²) in [6, 6.07) is 6.00. The van der Waals surface area contributed by atoms with Crippen molar-refractivity contribution in [3.05, 3.63) is 30.6 Å². The number of carbonyl (C=O) groups is 1. The molecule has 0 spiro atoms. The number of ether oxygens (including phenoxy) is 1. The second-order valence-electron chi connectivity index (χ2n) is 3.79. The predicted molar refractivity (Wildman–Crippen MR) is 71.8 cm³/mol. The summed E-state index contributed by atoms with van der Waals surface area (Å²) in [7, 11) is 0. The number of aromatic nitrogens is 2. The van der Waals surface area contributed by atoms with E-state index in [1.807, 2.05) is 37.5 Å². The molecule has 0 fully saturated rings. The van der Waals surface area contributed by atoms with E-state index in [2.05, 4.69) is 9.38 Å². The molecule has 0 saturated heterocycles. The summed E-state index contributed by atoms with van der Waals surface area (Å²) in [4.78, 5) is 15.5. The second-order valence-corrected chi connectivity index (χ2v) is 4.86. The van der Waals surface area contributed by atoms with Crippen molar-refractivity contribution in [3.8, 4) is 0 Å². The first kappa shape index (κ1) is 13.0. The van der Waals surface area contributed by atoms with Crippen LogP contribution in [0.15, 0.2) is 35.7 Å². The molecule has 0 aromatic carbocycles. The van der Waals surface area contributed by atoms with Crippen LogP contribution in [-0.4, -0.2) is 27.7 Å². The zero-order valence-electron chi connectivity index (χ0n) is 10.3. The minimum absolute atomic E-state index is 0.119. The standard InChI is InChI=1S/C13H16N2O2S/c1-2-17-12(16)7-5-9-18-13-14-10-11-6-3-4-8-15(11)13/h3-4,6,8,10H,2,5,7,9H2,1H3. The molecule has 0 amide bonds. The third-order valence-electron chi connectivity index (χ3n) is 2.47. The number of hydrogen-bond donors (Lipinski definition) is 0. The van der Waals surface area contributed by atoms with Crippen molar-refractivity contribution in [2.75, 3.05) is 12.4 Å². The van der Waals surface area contributed by atoms with Crippen molar-refractivity contribution in [2.45, 2.75) is 24.9 Å². The van der Waals surface area contributed by atoms with E-state index in [1.54, 1.807) is 11.8 Å². The van der Waals surface area contributed by atoms with E-state index in [4.69, 9.17) is 4.74 Å². The number of thioether (sulfide) groups is 1. The molecule has 0 saturated carbocycles. The van der Waals surface area contributed by atoms with Crippen LogP contribution < -0.4 is 0 Å². The van der Waals surface area contributed by atoms with E-state index in [0.29, 0.717) is 13.0 Å². The van der Waals surface area contributed by atoms with Gasteiger partial charge in [-0.15, -0.1) is 0 Å². The fourth-order valence-electron chi connectivity index (χ4n) is 1.64. The Hall–Kier alpha value is -1.49. The molecule has 0 bridgehead atoms. The molecule has 96 valence electrons. The number of rotatable bonds is 6. The summed E-state index contributed by atoms with van der Waals surface area (Å²) in [6.07, 6.45) is 5.14. The highest BCUT2D eigenvalue weighted by atomic mass is 32.2. The first-order valence-electron chi connectivity index (χ1n) is 6.01. The van der Waals surface area contributed by atoms with Crippen molar-refractivity contribution in [1.82, 2.24) is 9.38 Å². The van der Waals surface area contributed by atoms with Gasteiger partial charge in [0.15, 0.2) is 5.16 Å². The van der Waals surface area contributed by atoms with Gasteiger partial charge in [-0.3, -0.25) is 9.20 Å². The smallest absolute Gasteiger partial charge is 0.305 e. The monoisotopic (exact) mass is 264 g/mol. The van der Waals surface area contributed by atoms with Gasteiger partial charge in [0, 0.05) is 18.4 Å². The highest BCUT2D eigenvalue weighted by Gasteiger charge is 2.05. The van der Waals surface area contributed by atoms with Gasteiger partial charge >= 0.3 is 5.97 Å². The van der Waals surface area contributed by atoms with Crippen LogP contribution in [0.25, 0.3) is 5.52 Å². The molecule has 2 heterocycles. The van der Waals surface area contributed by atoms with Crippen molar-refractivity contribution < 1.29 is 9.53 Å². The number of fused-ring (bicyclic) bond motifs is 1. The van der Waals surface area contributed by atoms with Crippen molar-refractivity contribution in [1.29, 1.82) is 0 Å². The molecule has 5 heteroatoms. The number of imidazole rings is 1. The summed E-state index contributed by atoms with van der Waals surface area (Å²) >= 11 is 1.66. The Bertz CT molecular complexity index is 524. The Kier molecular flexibility index (Phi) is 4.64. The summed E-state index contributed by atoms with van der Waals surface area (Å²) in [6.45, 7) is 2.28. The van der Waals surface area contributed by atoms with Crippen LogP contribution in [0.5, 0.6) is 0 Å². The van der Waals surface area contributed by atoms with Crippen LogP contribution >= 0.6 is 11.8 Å². The SMILES string of the molecule is CCOC(=O)CCCSc1ncc2ccccn12. The number of hydrogen-bond acceptors (Lipinski definition) is 4. The van der Waals surface area contributed by atoms with Gasteiger partial charge in [-0.05, 0) is 25.5 Å². The maximum absolute atomic E-state index is 11.2. The summed E-state index contributed by atoms with van der Waals surface area (Å²) in [5.41, 5.74) is 1.09. The van der Waals surface area contributed by atoms with Crippen molar-refractivity contribution in [3.63, 3.8) is 0 Å². The number of nitrogens with zero attached hydrogens (tertiary/aromatic N) is 2. The van der Waals surface area contributed by atoms with Gasteiger partial charge in [0.2, 0.25) is 0 Å². The summed E-state index contributed by atoms with van der Waals surface area (Å²) in [5, 5.41) is 0.967. The maximum Gasteiger partial charge on any atom is 0.305 e. The third kappa shape index (κ3) is 3.26. The zero-order chi connectivity index (χ0) is 12.8. The molecule has 2 aromatic heterocycles. The molecule has 0 aliphatic rings. The fraction of sp³-hybridized carbons (Fsp3) is 0.385. The van der Waals surface area contributed by atoms with Crippen molar-refractivity contribution >= 4 is 23.2 Å². The predicted octanol–water partition coefficient (Wildman–Crippen LogP) is 2.77. The molecule has 2 rings (SSSR count). The summed E-state index contributed by atoms with van der Waals surface area (Å²) < 4.78 is 6.93. The summed E-state index contributed by atoms with van der Waals surface area (Å²) in [5.74, 6) is 0.749. The van der Waals surface area contributed by atoms with E-state index in [1.165, 1.54) is 0 Å². The molecule has 0 unspecified atom stereocenters. The van der Waals surface area contributed by atoms with E-state index < -0.39 is 0 Å². The van der Waals surface area contributed by atoms with Crippen LogP contribution in [0, 0.1) is 0 Å². The quantitative estimate of drug-likeness (QED) is 0.457. The Morgan fingerprint density at radius 2 is 2.39 bits per heavy atom. The molecule has 18 heavy (non-hydrogen) atoms. The molecule has 4 nitrogen and oxygen atoms in total. The Balaban J connectivity index is 1.82. The van der Waals surface area contributed by atoms with Gasteiger partial charge in [-0.1, -0.05) is 17.8 Å². The van der Waals surface area contributed by atoms with Gasteiger partial charge in [0.25, 0.3) is 0 Å². The van der Waals surface area contributed by atoms with Gasteiger partial charge in [0.05, 0.1) is 18.3 Å². The van der Waals surface area contributed by atoms with Crippen LogP contribution in [0.2, 0.25) is 0 Å². The molecule has 0 atom stereocenters. The first-order chi connectivity index (χ1) is 8.81. The highest BCUT2D eigenvalue weighted by molar-refractivity contribution is 7.99. The molecule has 0 aliphatic carbocycles. The lowest BCUT2D eigenvalue weighted by Gasteiger charge is -2.02. The minimum Gasteiger partial charge on any atom is -0.466 e. The Labute approximate surface area is 110 Å². The lowest BCUT2D eigenvalue weighted by Crippen LogP contribution is -2.03. The maximum atomic E-state index is 11.2. The average molecular weight is 264 g/mol. The zero-order valence-corrected chi connectivity index (χ0v) is 11.2. The second kappa shape index (κ2) is 6.44. The van der Waals surface area contributed by atoms with E-state index in [-0.39, 0.29) is 5.97 Å². The van der Waals surface area contributed by atoms with E-state index in [0.717, 1.165) is 22.8 Å². The molecule has 0 N–H and O–H groups in total. The largest absolute Gasteiger partial charge is 0.466 e. The highest BCUT2D eigenvalue weighted by Crippen LogP contribution is 2.19.